The predicted octanol–water partition coefficient (Wildman–Crippen LogP) is 1.46. The smallest absolute Gasteiger partial charge is 0.156 e. The van der Waals surface area contributed by atoms with Crippen LogP contribution in [-0.4, -0.2) is 42.0 Å². The Hall–Kier alpha value is -0.120. The summed E-state index contributed by atoms with van der Waals surface area (Å²) in [6.07, 6.45) is 1.38. The molecule has 0 aromatic carbocycles. The maximum Gasteiger partial charge on any atom is 0.156 e. The molecule has 1 N–H and O–H groups in total. The van der Waals surface area contributed by atoms with E-state index in [2.05, 4.69) is 25.8 Å². The van der Waals surface area contributed by atoms with E-state index in [9.17, 15) is 5.11 Å². The van der Waals surface area contributed by atoms with Gasteiger partial charge in [-0.15, -0.1) is 0 Å². The Bertz CT molecular complexity index is 163. The molecule has 0 aromatic heterocycles. The largest absolute Gasteiger partial charge is 0.368 e. The van der Waals surface area contributed by atoms with Crippen molar-refractivity contribution in [2.75, 3.05) is 13.6 Å². The highest BCUT2D eigenvalue weighted by atomic mass is 16.6. The van der Waals surface area contributed by atoms with Crippen LogP contribution in [0.25, 0.3) is 0 Å². The lowest BCUT2D eigenvalue weighted by Crippen LogP contribution is -2.44. The minimum atomic E-state index is -0.571. The SMILES string of the molecule is CC(C)CN(C)C1CC(C)OC(O)C1. The summed E-state index contributed by atoms with van der Waals surface area (Å²) in [4.78, 5) is 2.34. The standard InChI is InChI=1S/C11H23NO2/c1-8(2)7-12(4)10-5-9(3)14-11(13)6-10/h8-11,13H,5-7H2,1-4H3. The Labute approximate surface area is 87.1 Å². The fourth-order valence-electron chi connectivity index (χ4n) is 2.18. The Balaban J connectivity index is 2.42. The molecular weight excluding hydrogens is 178 g/mol. The number of ether oxygens (including phenoxy) is 1. The van der Waals surface area contributed by atoms with Crippen LogP contribution in [0.15, 0.2) is 0 Å². The third-order valence-electron chi connectivity index (χ3n) is 2.74. The fraction of sp³-hybridized carbons (Fsp3) is 1.00. The highest BCUT2D eigenvalue weighted by molar-refractivity contribution is 4.78. The van der Waals surface area contributed by atoms with E-state index in [4.69, 9.17) is 4.74 Å². The maximum absolute atomic E-state index is 9.48. The van der Waals surface area contributed by atoms with Gasteiger partial charge in [0.25, 0.3) is 0 Å². The molecule has 1 fully saturated rings. The van der Waals surface area contributed by atoms with Crippen LogP contribution >= 0.6 is 0 Å². The van der Waals surface area contributed by atoms with E-state index in [0.717, 1.165) is 19.4 Å². The van der Waals surface area contributed by atoms with Crippen molar-refractivity contribution in [3.8, 4) is 0 Å². The molecule has 3 unspecified atom stereocenters. The second kappa shape index (κ2) is 5.10. The summed E-state index contributed by atoms with van der Waals surface area (Å²) in [5, 5.41) is 9.48. The molecule has 0 aromatic rings. The average molecular weight is 201 g/mol. The van der Waals surface area contributed by atoms with Gasteiger partial charge in [-0.1, -0.05) is 13.8 Å². The van der Waals surface area contributed by atoms with Gasteiger partial charge in [-0.25, -0.2) is 0 Å². The van der Waals surface area contributed by atoms with Crippen LogP contribution in [0.1, 0.15) is 33.6 Å². The van der Waals surface area contributed by atoms with Crippen LogP contribution in [0.5, 0.6) is 0 Å². The van der Waals surface area contributed by atoms with Gasteiger partial charge in [0.1, 0.15) is 0 Å². The Kier molecular flexibility index (Phi) is 4.35. The number of aliphatic hydroxyl groups is 1. The van der Waals surface area contributed by atoms with Crippen molar-refractivity contribution in [1.82, 2.24) is 4.90 Å². The van der Waals surface area contributed by atoms with Gasteiger partial charge in [0.15, 0.2) is 6.29 Å². The first kappa shape index (κ1) is 12.0. The topological polar surface area (TPSA) is 32.7 Å². The molecule has 3 nitrogen and oxygen atoms in total. The molecule has 0 spiro atoms. The molecule has 0 bridgehead atoms. The molecule has 84 valence electrons. The zero-order valence-corrected chi connectivity index (χ0v) is 9.73. The number of nitrogens with zero attached hydrogens (tertiary/aromatic N) is 1. The zero-order valence-electron chi connectivity index (χ0n) is 9.73. The van der Waals surface area contributed by atoms with E-state index >= 15 is 0 Å². The van der Waals surface area contributed by atoms with Gasteiger partial charge in [0.05, 0.1) is 6.10 Å². The predicted molar refractivity (Wildman–Crippen MR) is 57.0 cm³/mol. The van der Waals surface area contributed by atoms with E-state index < -0.39 is 6.29 Å². The average Bonchev–Trinajstić information content (AvgIpc) is 2.00. The van der Waals surface area contributed by atoms with Crippen LogP contribution in [0.2, 0.25) is 0 Å². The molecule has 14 heavy (non-hydrogen) atoms. The minimum absolute atomic E-state index is 0.179. The van der Waals surface area contributed by atoms with Gasteiger partial charge in [-0.05, 0) is 26.3 Å². The van der Waals surface area contributed by atoms with Gasteiger partial charge in [-0.3, -0.25) is 0 Å². The van der Waals surface area contributed by atoms with Crippen LogP contribution in [0, 0.1) is 5.92 Å². The van der Waals surface area contributed by atoms with Crippen molar-refractivity contribution >= 4 is 0 Å². The maximum atomic E-state index is 9.48. The summed E-state index contributed by atoms with van der Waals surface area (Å²) < 4.78 is 5.30. The van der Waals surface area contributed by atoms with Gasteiger partial charge in [0.2, 0.25) is 0 Å². The summed E-state index contributed by atoms with van der Waals surface area (Å²) in [5.74, 6) is 0.676. The first-order chi connectivity index (χ1) is 6.49. The molecule has 1 aliphatic heterocycles. The summed E-state index contributed by atoms with van der Waals surface area (Å²) in [7, 11) is 2.13. The Morgan fingerprint density at radius 2 is 2.07 bits per heavy atom. The van der Waals surface area contributed by atoms with Gasteiger partial charge >= 0.3 is 0 Å². The van der Waals surface area contributed by atoms with Crippen molar-refractivity contribution in [2.45, 2.75) is 52.0 Å². The van der Waals surface area contributed by atoms with Gasteiger partial charge < -0.3 is 14.7 Å². The molecule has 3 atom stereocenters. The van der Waals surface area contributed by atoms with E-state index in [1.54, 1.807) is 0 Å². The molecule has 0 aliphatic carbocycles. The molecule has 1 rings (SSSR count). The Morgan fingerprint density at radius 3 is 2.57 bits per heavy atom. The lowest BCUT2D eigenvalue weighted by atomic mass is 10.0. The van der Waals surface area contributed by atoms with Gasteiger partial charge in [-0.2, -0.15) is 0 Å². The second-order valence-electron chi connectivity index (χ2n) is 4.86. The fourth-order valence-corrected chi connectivity index (χ4v) is 2.18. The summed E-state index contributed by atoms with van der Waals surface area (Å²) in [6, 6.07) is 0.469. The first-order valence-corrected chi connectivity index (χ1v) is 5.52. The van der Waals surface area contributed by atoms with Crippen molar-refractivity contribution in [1.29, 1.82) is 0 Å². The van der Waals surface area contributed by atoms with E-state index in [-0.39, 0.29) is 6.10 Å². The first-order valence-electron chi connectivity index (χ1n) is 5.52. The van der Waals surface area contributed by atoms with Crippen molar-refractivity contribution < 1.29 is 9.84 Å². The number of hydrogen-bond acceptors (Lipinski definition) is 3. The van der Waals surface area contributed by atoms with Gasteiger partial charge in [0, 0.05) is 19.0 Å². The molecular formula is C11H23NO2. The molecule has 3 heteroatoms. The molecule has 0 saturated carbocycles. The molecule has 1 heterocycles. The highest BCUT2D eigenvalue weighted by Gasteiger charge is 2.28. The van der Waals surface area contributed by atoms with Crippen LogP contribution in [0.3, 0.4) is 0 Å². The van der Waals surface area contributed by atoms with Crippen LogP contribution in [0.4, 0.5) is 0 Å². The van der Waals surface area contributed by atoms with Crippen molar-refractivity contribution in [3.63, 3.8) is 0 Å². The number of rotatable bonds is 3. The van der Waals surface area contributed by atoms with Crippen LogP contribution < -0.4 is 0 Å². The summed E-state index contributed by atoms with van der Waals surface area (Å²) in [5.41, 5.74) is 0. The summed E-state index contributed by atoms with van der Waals surface area (Å²) >= 11 is 0. The van der Waals surface area contributed by atoms with E-state index in [0.29, 0.717) is 12.0 Å². The van der Waals surface area contributed by atoms with E-state index in [1.165, 1.54) is 0 Å². The van der Waals surface area contributed by atoms with Crippen molar-refractivity contribution in [2.24, 2.45) is 5.92 Å². The van der Waals surface area contributed by atoms with Crippen LogP contribution in [-0.2, 0) is 4.74 Å². The normalized spacial score (nSPS) is 34.1. The zero-order chi connectivity index (χ0) is 10.7. The monoisotopic (exact) mass is 201 g/mol. The quantitative estimate of drug-likeness (QED) is 0.750. The highest BCUT2D eigenvalue weighted by Crippen LogP contribution is 2.22. The lowest BCUT2D eigenvalue weighted by molar-refractivity contribution is -0.174. The second-order valence-corrected chi connectivity index (χ2v) is 4.86. The molecule has 0 amide bonds. The number of hydrogen-bond donors (Lipinski definition) is 1. The van der Waals surface area contributed by atoms with Crippen molar-refractivity contribution in [3.05, 3.63) is 0 Å². The Morgan fingerprint density at radius 1 is 1.43 bits per heavy atom. The molecule has 1 saturated heterocycles. The summed E-state index contributed by atoms with van der Waals surface area (Å²) in [6.45, 7) is 7.55. The lowest BCUT2D eigenvalue weighted by Gasteiger charge is -2.37. The van der Waals surface area contributed by atoms with E-state index in [1.807, 2.05) is 6.92 Å². The third kappa shape index (κ3) is 3.56. The molecule has 0 radical (unpaired) electrons. The molecule has 1 aliphatic rings. The third-order valence-corrected chi connectivity index (χ3v) is 2.74. The number of aliphatic hydroxyl groups excluding tert-OH is 1. The minimum Gasteiger partial charge on any atom is -0.368 e.